The third-order valence-corrected chi connectivity index (χ3v) is 8.07. The third kappa shape index (κ3) is 18.6. The van der Waals surface area contributed by atoms with E-state index in [9.17, 15) is 29.1 Å². The van der Waals surface area contributed by atoms with E-state index in [4.69, 9.17) is 16.6 Å². The Hall–Kier alpha value is -3.52. The largest absolute Gasteiger partial charge is 0.481 e. The summed E-state index contributed by atoms with van der Waals surface area (Å²) in [7, 11) is 0. The van der Waals surface area contributed by atoms with Crippen LogP contribution >= 0.6 is 11.8 Å². The van der Waals surface area contributed by atoms with Crippen molar-refractivity contribution in [2.45, 2.75) is 107 Å². The van der Waals surface area contributed by atoms with E-state index in [1.807, 2.05) is 12.1 Å². The van der Waals surface area contributed by atoms with Gasteiger partial charge in [0.15, 0.2) is 0 Å². The molecule has 1 aromatic rings. The number of benzene rings is 1. The van der Waals surface area contributed by atoms with Crippen molar-refractivity contribution in [3.8, 4) is 12.3 Å². The van der Waals surface area contributed by atoms with Crippen LogP contribution in [0, 0.1) is 18.3 Å². The molecule has 238 valence electrons. The number of unbranched alkanes of at least 4 members (excludes halogenated alkanes) is 8. The van der Waals surface area contributed by atoms with Crippen molar-refractivity contribution in [1.29, 1.82) is 0 Å². The molecule has 0 aliphatic rings. The summed E-state index contributed by atoms with van der Waals surface area (Å²) in [6, 6.07) is 5.80. The summed E-state index contributed by atoms with van der Waals surface area (Å²) in [6.45, 7) is 0.358. The molecule has 0 unspecified atom stereocenters. The zero-order valence-corrected chi connectivity index (χ0v) is 25.7. The Bertz CT molecular complexity index is 1050. The van der Waals surface area contributed by atoms with E-state index in [1.54, 1.807) is 23.9 Å². The number of nitrogens with one attached hydrogen (secondary N) is 2. The minimum atomic E-state index is -1.18. The number of carbonyl (C=O) groups is 5. The summed E-state index contributed by atoms with van der Waals surface area (Å²) in [5.74, 6) is -0.910. The van der Waals surface area contributed by atoms with Gasteiger partial charge >= 0.3 is 17.9 Å². The second-order valence-corrected chi connectivity index (χ2v) is 11.7. The Morgan fingerprint density at radius 1 is 0.744 bits per heavy atom. The van der Waals surface area contributed by atoms with Crippen LogP contribution < -0.4 is 10.6 Å². The van der Waals surface area contributed by atoms with Crippen LogP contribution in [0.1, 0.15) is 107 Å². The van der Waals surface area contributed by atoms with Crippen molar-refractivity contribution in [3.05, 3.63) is 29.8 Å². The molecule has 1 rings (SSSR count). The van der Waals surface area contributed by atoms with Gasteiger partial charge in [0.05, 0.1) is 11.5 Å². The zero-order valence-electron chi connectivity index (χ0n) is 24.9. The van der Waals surface area contributed by atoms with Gasteiger partial charge in [0.2, 0.25) is 11.8 Å². The maximum Gasteiger partial charge on any atom is 0.335 e. The molecular formula is C32H46N2O8S. The maximum absolute atomic E-state index is 12.2. The Balaban J connectivity index is 2.06. The fraction of sp³-hybridized carbons (Fsp3) is 0.594. The number of carbonyl (C=O) groups excluding carboxylic acids is 2. The number of rotatable bonds is 25. The number of carboxylic acid groups (broad SMARTS) is 3. The lowest BCUT2D eigenvalue weighted by molar-refractivity contribution is -0.142. The molecule has 0 saturated heterocycles. The smallest absolute Gasteiger partial charge is 0.335 e. The molecule has 0 saturated carbocycles. The van der Waals surface area contributed by atoms with E-state index >= 15 is 0 Å². The van der Waals surface area contributed by atoms with Gasteiger partial charge in [0, 0.05) is 30.7 Å². The second-order valence-electron chi connectivity index (χ2n) is 10.5. The first-order chi connectivity index (χ1) is 20.6. The van der Waals surface area contributed by atoms with Gasteiger partial charge in [-0.2, -0.15) is 0 Å². The Labute approximate surface area is 258 Å². The summed E-state index contributed by atoms with van der Waals surface area (Å²) < 4.78 is 0. The fourth-order valence-corrected chi connectivity index (χ4v) is 5.33. The minimum absolute atomic E-state index is 0.00826. The molecular weight excluding hydrogens is 572 g/mol. The first-order valence-electron chi connectivity index (χ1n) is 15.0. The Kier molecular flexibility index (Phi) is 20.1. The Morgan fingerprint density at radius 2 is 1.37 bits per heavy atom. The minimum Gasteiger partial charge on any atom is -0.481 e. The number of aliphatic carboxylic acids is 2. The molecule has 2 amide bonds. The van der Waals surface area contributed by atoms with Gasteiger partial charge in [0.25, 0.3) is 0 Å². The van der Waals surface area contributed by atoms with Gasteiger partial charge in [-0.3, -0.25) is 14.4 Å². The van der Waals surface area contributed by atoms with Crippen molar-refractivity contribution in [3.63, 3.8) is 0 Å². The zero-order chi connectivity index (χ0) is 31.9. The predicted molar refractivity (Wildman–Crippen MR) is 166 cm³/mol. The van der Waals surface area contributed by atoms with Gasteiger partial charge < -0.3 is 26.0 Å². The molecule has 1 aromatic carbocycles. The molecule has 11 heteroatoms. The molecule has 0 heterocycles. The first-order valence-corrected chi connectivity index (χ1v) is 16.0. The molecule has 0 aromatic heterocycles. The third-order valence-electron chi connectivity index (χ3n) is 6.98. The molecule has 0 radical (unpaired) electrons. The quantitative estimate of drug-likeness (QED) is 0.0551. The average molecular weight is 619 g/mol. The van der Waals surface area contributed by atoms with Crippen LogP contribution in [-0.2, 0) is 19.2 Å². The number of aromatic carboxylic acids is 1. The summed E-state index contributed by atoms with van der Waals surface area (Å²) in [5, 5.41) is 32.7. The second kappa shape index (κ2) is 23.0. The van der Waals surface area contributed by atoms with Gasteiger partial charge in [-0.05, 0) is 62.1 Å². The molecule has 10 nitrogen and oxygen atoms in total. The van der Waals surface area contributed by atoms with Crippen molar-refractivity contribution in [2.24, 2.45) is 5.92 Å². The van der Waals surface area contributed by atoms with Crippen LogP contribution in [0.2, 0.25) is 0 Å². The number of terminal acetylenes is 1. The van der Waals surface area contributed by atoms with Gasteiger partial charge in [-0.1, -0.05) is 44.9 Å². The molecule has 0 fully saturated rings. The highest BCUT2D eigenvalue weighted by atomic mass is 32.2. The molecule has 0 aliphatic carbocycles. The predicted octanol–water partition coefficient (Wildman–Crippen LogP) is 5.35. The van der Waals surface area contributed by atoms with E-state index < -0.39 is 29.9 Å². The lowest BCUT2D eigenvalue weighted by Crippen LogP contribution is -2.41. The first kappa shape index (κ1) is 37.5. The molecule has 2 atom stereocenters. The number of amides is 2. The average Bonchev–Trinajstić information content (AvgIpc) is 2.97. The van der Waals surface area contributed by atoms with Gasteiger partial charge in [-0.25, -0.2) is 9.59 Å². The van der Waals surface area contributed by atoms with Crippen molar-refractivity contribution in [1.82, 2.24) is 10.6 Å². The molecule has 43 heavy (non-hydrogen) atoms. The van der Waals surface area contributed by atoms with Crippen LogP contribution in [0.25, 0.3) is 0 Å². The van der Waals surface area contributed by atoms with Crippen LogP contribution in [0.15, 0.2) is 29.2 Å². The van der Waals surface area contributed by atoms with E-state index in [0.29, 0.717) is 37.8 Å². The van der Waals surface area contributed by atoms with Crippen LogP contribution in [0.5, 0.6) is 0 Å². The van der Waals surface area contributed by atoms with E-state index in [1.165, 1.54) is 0 Å². The van der Waals surface area contributed by atoms with Gasteiger partial charge in [0.1, 0.15) is 6.04 Å². The highest BCUT2D eigenvalue weighted by Gasteiger charge is 2.21. The number of hydrogen-bond donors (Lipinski definition) is 5. The summed E-state index contributed by atoms with van der Waals surface area (Å²) in [4.78, 5) is 58.9. The van der Waals surface area contributed by atoms with Crippen molar-refractivity contribution >= 4 is 41.5 Å². The normalized spacial score (nSPS) is 12.1. The van der Waals surface area contributed by atoms with Crippen LogP contribution in [0.3, 0.4) is 0 Å². The lowest BCUT2D eigenvalue weighted by atomic mass is 9.99. The maximum atomic E-state index is 12.2. The topological polar surface area (TPSA) is 170 Å². The number of thioether (sulfide) groups is 1. The van der Waals surface area contributed by atoms with Crippen molar-refractivity contribution < 1.29 is 39.3 Å². The molecule has 0 bridgehead atoms. The summed E-state index contributed by atoms with van der Waals surface area (Å²) >= 11 is 1.73. The van der Waals surface area contributed by atoms with Crippen molar-refractivity contribution in [2.75, 3.05) is 12.3 Å². The monoisotopic (exact) mass is 618 g/mol. The van der Waals surface area contributed by atoms with E-state index in [2.05, 4.69) is 16.6 Å². The molecule has 0 aliphatic heterocycles. The lowest BCUT2D eigenvalue weighted by Gasteiger charge is -2.14. The van der Waals surface area contributed by atoms with Crippen LogP contribution in [-0.4, -0.2) is 63.4 Å². The number of carboxylic acids is 3. The standard InChI is InChI=1S/C32H46N2O8S/c1-2-13-24(30(37)38)14-10-11-22-33-28(35)21-20-27(32(41)42)34-29(36)15-9-7-5-3-4-6-8-12-23-43-26-18-16-25(17-19-26)31(39)40/h1,16-19,24,27H,3-15,20-23H2,(H,33,35)(H,34,36)(H,37,38)(H,39,40)(H,41,42)/t24-,27-/m0/s1. The Morgan fingerprint density at radius 3 is 1.95 bits per heavy atom. The van der Waals surface area contributed by atoms with E-state index in [0.717, 1.165) is 55.6 Å². The fourth-order valence-electron chi connectivity index (χ4n) is 4.42. The molecule has 5 N–H and O–H groups in total. The van der Waals surface area contributed by atoms with E-state index in [-0.39, 0.29) is 37.5 Å². The SMILES string of the molecule is C#CC[C@@H](CCCCNC(=O)CC[C@H](NC(=O)CCCCCCCCCCSc1ccc(C(=O)O)cc1)C(=O)O)C(=O)O. The van der Waals surface area contributed by atoms with Crippen LogP contribution in [0.4, 0.5) is 0 Å². The summed E-state index contributed by atoms with van der Waals surface area (Å²) in [5.41, 5.74) is 0.295. The molecule has 0 spiro atoms. The highest BCUT2D eigenvalue weighted by molar-refractivity contribution is 7.99. The highest BCUT2D eigenvalue weighted by Crippen LogP contribution is 2.21. The van der Waals surface area contributed by atoms with Gasteiger partial charge in [-0.15, -0.1) is 24.1 Å². The number of hydrogen-bond acceptors (Lipinski definition) is 6. The summed E-state index contributed by atoms with van der Waals surface area (Å²) in [6.07, 6.45) is 15.4.